The van der Waals surface area contributed by atoms with Gasteiger partial charge in [-0.25, -0.2) is 0 Å². The highest BCUT2D eigenvalue weighted by molar-refractivity contribution is 5.48. The van der Waals surface area contributed by atoms with E-state index in [1.54, 1.807) is 0 Å². The number of hydrogen-bond donors (Lipinski definition) is 1. The molecule has 1 unspecified atom stereocenters. The normalized spacial score (nSPS) is 19.1. The van der Waals surface area contributed by atoms with Gasteiger partial charge in [0.1, 0.15) is 0 Å². The molecule has 1 heterocycles. The van der Waals surface area contributed by atoms with E-state index in [0.29, 0.717) is 0 Å². The summed E-state index contributed by atoms with van der Waals surface area (Å²) in [5.41, 5.74) is 2.72. The minimum atomic E-state index is 0.779. The van der Waals surface area contributed by atoms with Crippen LogP contribution in [0.15, 0.2) is 24.3 Å². The second-order valence-electron chi connectivity index (χ2n) is 5.35. The number of nitrogens with zero attached hydrogens (tertiary/aromatic N) is 1. The zero-order valence-electron chi connectivity index (χ0n) is 11.8. The highest BCUT2D eigenvalue weighted by Gasteiger charge is 2.13. The molecule has 2 heteroatoms. The van der Waals surface area contributed by atoms with Crippen LogP contribution in [0, 0.1) is 6.92 Å². The number of rotatable bonds is 6. The highest BCUT2D eigenvalue weighted by Crippen LogP contribution is 2.17. The van der Waals surface area contributed by atoms with Crippen LogP contribution >= 0.6 is 0 Å². The molecule has 1 saturated heterocycles. The summed E-state index contributed by atoms with van der Waals surface area (Å²) in [6.45, 7) is 7.91. The van der Waals surface area contributed by atoms with Gasteiger partial charge in [0.05, 0.1) is 0 Å². The van der Waals surface area contributed by atoms with Gasteiger partial charge in [-0.15, -0.1) is 0 Å². The first kappa shape index (κ1) is 13.4. The van der Waals surface area contributed by atoms with E-state index in [4.69, 9.17) is 0 Å². The van der Waals surface area contributed by atoms with Crippen LogP contribution in [0.4, 0.5) is 5.69 Å². The van der Waals surface area contributed by atoms with Gasteiger partial charge in [0.25, 0.3) is 0 Å². The Bertz CT molecular complexity index is 356. The molecule has 1 aromatic carbocycles. The van der Waals surface area contributed by atoms with E-state index in [2.05, 4.69) is 48.3 Å². The molecule has 18 heavy (non-hydrogen) atoms. The van der Waals surface area contributed by atoms with E-state index in [-0.39, 0.29) is 0 Å². The van der Waals surface area contributed by atoms with Crippen molar-refractivity contribution < 1.29 is 0 Å². The molecule has 0 bridgehead atoms. The molecular formula is C16H26N2. The summed E-state index contributed by atoms with van der Waals surface area (Å²) >= 11 is 0. The van der Waals surface area contributed by atoms with Crippen molar-refractivity contribution in [2.75, 3.05) is 24.5 Å². The molecule has 0 saturated carbocycles. The molecule has 0 radical (unpaired) electrons. The number of nitrogens with one attached hydrogen (secondary N) is 1. The van der Waals surface area contributed by atoms with Crippen molar-refractivity contribution >= 4 is 5.69 Å². The summed E-state index contributed by atoms with van der Waals surface area (Å²) < 4.78 is 0. The van der Waals surface area contributed by atoms with Gasteiger partial charge in [-0.1, -0.05) is 12.1 Å². The van der Waals surface area contributed by atoms with Crippen LogP contribution in [0.2, 0.25) is 0 Å². The Hall–Kier alpha value is -1.02. The van der Waals surface area contributed by atoms with Crippen LogP contribution in [-0.4, -0.2) is 25.7 Å². The SMILES string of the molecule is CCN(CCCC1CCCN1)c1cccc(C)c1. The van der Waals surface area contributed by atoms with E-state index in [1.165, 1.54) is 50.0 Å². The lowest BCUT2D eigenvalue weighted by molar-refractivity contribution is 0.533. The zero-order valence-corrected chi connectivity index (χ0v) is 11.8. The highest BCUT2D eigenvalue weighted by atomic mass is 15.1. The number of hydrogen-bond acceptors (Lipinski definition) is 2. The Morgan fingerprint density at radius 2 is 2.28 bits per heavy atom. The standard InChI is InChI=1S/C16H26N2/c1-3-18(16-10-4-7-14(2)13-16)12-6-9-15-8-5-11-17-15/h4,7,10,13,15,17H,3,5-6,8-9,11-12H2,1-2H3. The summed E-state index contributed by atoms with van der Waals surface area (Å²) in [5.74, 6) is 0. The molecule has 1 atom stereocenters. The Morgan fingerprint density at radius 3 is 2.94 bits per heavy atom. The van der Waals surface area contributed by atoms with Gasteiger partial charge in [-0.3, -0.25) is 0 Å². The van der Waals surface area contributed by atoms with Gasteiger partial charge in [0.15, 0.2) is 0 Å². The first-order valence-corrected chi connectivity index (χ1v) is 7.34. The molecule has 0 spiro atoms. The number of benzene rings is 1. The average Bonchev–Trinajstić information content (AvgIpc) is 2.88. The molecular weight excluding hydrogens is 220 g/mol. The molecule has 1 aliphatic heterocycles. The van der Waals surface area contributed by atoms with Gasteiger partial charge in [0, 0.05) is 24.8 Å². The summed E-state index contributed by atoms with van der Waals surface area (Å²) in [7, 11) is 0. The maximum absolute atomic E-state index is 3.58. The van der Waals surface area contributed by atoms with E-state index < -0.39 is 0 Å². The molecule has 0 aromatic heterocycles. The topological polar surface area (TPSA) is 15.3 Å². The average molecular weight is 246 g/mol. The van der Waals surface area contributed by atoms with Gasteiger partial charge in [-0.2, -0.15) is 0 Å². The smallest absolute Gasteiger partial charge is 0.0368 e. The van der Waals surface area contributed by atoms with Crippen molar-refractivity contribution in [2.24, 2.45) is 0 Å². The summed E-state index contributed by atoms with van der Waals surface area (Å²) in [6.07, 6.45) is 5.35. The Labute approximate surface area is 111 Å². The van der Waals surface area contributed by atoms with Crippen LogP contribution < -0.4 is 10.2 Å². The fourth-order valence-electron chi connectivity index (χ4n) is 2.83. The van der Waals surface area contributed by atoms with Gasteiger partial charge in [-0.05, 0) is 63.8 Å². The van der Waals surface area contributed by atoms with Crippen LogP contribution in [0.5, 0.6) is 0 Å². The fourth-order valence-corrected chi connectivity index (χ4v) is 2.83. The molecule has 0 aliphatic carbocycles. The van der Waals surface area contributed by atoms with Crippen molar-refractivity contribution in [1.29, 1.82) is 0 Å². The molecule has 2 rings (SSSR count). The second-order valence-corrected chi connectivity index (χ2v) is 5.35. The monoisotopic (exact) mass is 246 g/mol. The molecule has 1 fully saturated rings. The Balaban J connectivity index is 1.81. The zero-order chi connectivity index (χ0) is 12.8. The molecule has 1 aliphatic rings. The quantitative estimate of drug-likeness (QED) is 0.828. The van der Waals surface area contributed by atoms with Crippen molar-refractivity contribution in [3.63, 3.8) is 0 Å². The fraction of sp³-hybridized carbons (Fsp3) is 0.625. The van der Waals surface area contributed by atoms with E-state index in [9.17, 15) is 0 Å². The number of aryl methyl sites for hydroxylation is 1. The van der Waals surface area contributed by atoms with Gasteiger partial charge in [0.2, 0.25) is 0 Å². The summed E-state index contributed by atoms with van der Waals surface area (Å²) in [4.78, 5) is 2.49. The minimum absolute atomic E-state index is 0.779. The Kier molecular flexibility index (Phi) is 5.06. The third-order valence-corrected chi connectivity index (χ3v) is 3.89. The van der Waals surface area contributed by atoms with Gasteiger partial charge < -0.3 is 10.2 Å². The first-order valence-electron chi connectivity index (χ1n) is 7.34. The molecule has 100 valence electrons. The lowest BCUT2D eigenvalue weighted by Crippen LogP contribution is -2.27. The van der Waals surface area contributed by atoms with Crippen LogP contribution in [0.3, 0.4) is 0 Å². The third kappa shape index (κ3) is 3.74. The van der Waals surface area contributed by atoms with Crippen LogP contribution in [-0.2, 0) is 0 Å². The van der Waals surface area contributed by atoms with E-state index in [0.717, 1.165) is 12.6 Å². The third-order valence-electron chi connectivity index (χ3n) is 3.89. The predicted molar refractivity (Wildman–Crippen MR) is 79.3 cm³/mol. The van der Waals surface area contributed by atoms with Crippen LogP contribution in [0.25, 0.3) is 0 Å². The Morgan fingerprint density at radius 1 is 1.39 bits per heavy atom. The molecule has 1 N–H and O–H groups in total. The largest absolute Gasteiger partial charge is 0.372 e. The van der Waals surface area contributed by atoms with Gasteiger partial charge >= 0.3 is 0 Å². The van der Waals surface area contributed by atoms with Crippen molar-refractivity contribution in [3.05, 3.63) is 29.8 Å². The van der Waals surface area contributed by atoms with E-state index >= 15 is 0 Å². The predicted octanol–water partition coefficient (Wildman–Crippen LogP) is 3.35. The minimum Gasteiger partial charge on any atom is -0.372 e. The van der Waals surface area contributed by atoms with Crippen molar-refractivity contribution in [2.45, 2.75) is 45.6 Å². The molecule has 2 nitrogen and oxygen atoms in total. The molecule has 1 aromatic rings. The summed E-state index contributed by atoms with van der Waals surface area (Å²) in [6, 6.07) is 9.62. The van der Waals surface area contributed by atoms with E-state index in [1.807, 2.05) is 0 Å². The second kappa shape index (κ2) is 6.79. The maximum atomic E-state index is 3.58. The number of anilines is 1. The van der Waals surface area contributed by atoms with Crippen LogP contribution in [0.1, 0.15) is 38.2 Å². The lowest BCUT2D eigenvalue weighted by atomic mass is 10.1. The summed E-state index contributed by atoms with van der Waals surface area (Å²) in [5, 5.41) is 3.58. The lowest BCUT2D eigenvalue weighted by Gasteiger charge is -2.24. The first-order chi connectivity index (χ1) is 8.79. The molecule has 0 amide bonds. The maximum Gasteiger partial charge on any atom is 0.0368 e. The van der Waals surface area contributed by atoms with Crippen molar-refractivity contribution in [1.82, 2.24) is 5.32 Å². The van der Waals surface area contributed by atoms with Crippen molar-refractivity contribution in [3.8, 4) is 0 Å².